The average molecular weight is 368 g/mol. The second-order valence-corrected chi connectivity index (χ2v) is 7.06. The number of hydrogen-bond acceptors (Lipinski definition) is 5. The van der Waals surface area contributed by atoms with Crippen LogP contribution in [0.3, 0.4) is 0 Å². The zero-order valence-corrected chi connectivity index (χ0v) is 15.9. The largest absolute Gasteiger partial charge is 0.427 e. The van der Waals surface area contributed by atoms with Crippen LogP contribution in [0.4, 0.5) is 0 Å². The molecule has 1 amide bonds. The normalized spacial score (nSPS) is 11.3. The van der Waals surface area contributed by atoms with E-state index in [0.29, 0.717) is 42.4 Å². The van der Waals surface area contributed by atoms with Crippen LogP contribution < -0.4 is 10.9 Å². The maximum absolute atomic E-state index is 12.4. The Hall–Kier alpha value is -2.96. The van der Waals surface area contributed by atoms with Crippen LogP contribution >= 0.6 is 0 Å². The number of imidazole rings is 1. The highest BCUT2D eigenvalue weighted by Gasteiger charge is 2.17. The second-order valence-electron chi connectivity index (χ2n) is 7.06. The Kier molecular flexibility index (Phi) is 5.69. The number of nitrogens with zero attached hydrogens (tertiary/aromatic N) is 3. The Morgan fingerprint density at radius 1 is 1.33 bits per heavy atom. The van der Waals surface area contributed by atoms with E-state index >= 15 is 0 Å². The van der Waals surface area contributed by atoms with Crippen molar-refractivity contribution >= 4 is 11.7 Å². The van der Waals surface area contributed by atoms with Crippen LogP contribution in [0.25, 0.3) is 5.78 Å². The maximum Gasteiger partial charge on any atom is 0.349 e. The zero-order valence-electron chi connectivity index (χ0n) is 15.9. The Morgan fingerprint density at radius 3 is 2.85 bits per heavy atom. The number of amides is 1. The first-order chi connectivity index (χ1) is 12.9. The van der Waals surface area contributed by atoms with Crippen molar-refractivity contribution in [2.75, 3.05) is 6.54 Å². The summed E-state index contributed by atoms with van der Waals surface area (Å²) < 4.78 is 7.15. The number of aryl methyl sites for hydroxylation is 2. The molecule has 3 rings (SSSR count). The molecule has 0 atom stereocenters. The first-order valence-electron chi connectivity index (χ1n) is 9.14. The lowest BCUT2D eigenvalue weighted by Crippen LogP contribution is -2.31. The van der Waals surface area contributed by atoms with Crippen LogP contribution in [0.1, 0.15) is 47.6 Å². The lowest BCUT2D eigenvalue weighted by Gasteiger charge is -2.08. The Balaban J connectivity index is 1.62. The minimum atomic E-state index is -0.580. The van der Waals surface area contributed by atoms with Crippen LogP contribution in [0.15, 0.2) is 39.9 Å². The molecule has 0 aliphatic heterocycles. The van der Waals surface area contributed by atoms with Crippen LogP contribution in [-0.2, 0) is 12.8 Å². The Morgan fingerprint density at radius 2 is 2.15 bits per heavy atom. The van der Waals surface area contributed by atoms with Gasteiger partial charge in [0.15, 0.2) is 0 Å². The molecule has 7 heteroatoms. The van der Waals surface area contributed by atoms with Gasteiger partial charge < -0.3 is 9.73 Å². The van der Waals surface area contributed by atoms with Crippen molar-refractivity contribution < 1.29 is 9.21 Å². The highest BCUT2D eigenvalue weighted by molar-refractivity contribution is 5.95. The number of aromatic nitrogens is 3. The number of carbonyl (C=O) groups excluding carboxylic acids is 1. The van der Waals surface area contributed by atoms with Gasteiger partial charge in [-0.05, 0) is 37.0 Å². The average Bonchev–Trinajstić information content (AvgIpc) is 3.02. The van der Waals surface area contributed by atoms with Gasteiger partial charge in [-0.1, -0.05) is 13.8 Å². The van der Waals surface area contributed by atoms with Gasteiger partial charge in [-0.2, -0.15) is 0 Å². The predicted octanol–water partition coefficient (Wildman–Crippen LogP) is 2.55. The summed E-state index contributed by atoms with van der Waals surface area (Å²) in [5.74, 6) is 1.35. The Bertz CT molecular complexity index is 971. The minimum absolute atomic E-state index is 0.0694. The van der Waals surface area contributed by atoms with E-state index < -0.39 is 11.5 Å². The third-order valence-corrected chi connectivity index (χ3v) is 4.35. The van der Waals surface area contributed by atoms with Gasteiger partial charge in [0.05, 0.1) is 5.69 Å². The summed E-state index contributed by atoms with van der Waals surface area (Å²) in [6, 6.07) is 3.61. The molecule has 0 radical (unpaired) electrons. The molecule has 0 saturated heterocycles. The van der Waals surface area contributed by atoms with E-state index in [9.17, 15) is 9.59 Å². The van der Waals surface area contributed by atoms with Gasteiger partial charge in [-0.25, -0.2) is 14.8 Å². The van der Waals surface area contributed by atoms with Gasteiger partial charge in [0.1, 0.15) is 11.3 Å². The van der Waals surface area contributed by atoms with Gasteiger partial charge in [0.2, 0.25) is 5.78 Å². The van der Waals surface area contributed by atoms with Gasteiger partial charge in [0.25, 0.3) is 5.91 Å². The van der Waals surface area contributed by atoms with Crippen LogP contribution in [0, 0.1) is 12.8 Å². The monoisotopic (exact) mass is 368 g/mol. The van der Waals surface area contributed by atoms with Gasteiger partial charge in [-0.15, -0.1) is 0 Å². The molecule has 142 valence electrons. The van der Waals surface area contributed by atoms with E-state index in [4.69, 9.17) is 4.42 Å². The smallest absolute Gasteiger partial charge is 0.349 e. The molecular formula is C20H24N4O3. The Labute approximate surface area is 157 Å². The van der Waals surface area contributed by atoms with E-state index in [1.165, 1.54) is 0 Å². The molecule has 3 aromatic heterocycles. The predicted molar refractivity (Wildman–Crippen MR) is 102 cm³/mol. The molecule has 0 unspecified atom stereocenters. The minimum Gasteiger partial charge on any atom is -0.427 e. The molecule has 0 aliphatic rings. The lowest BCUT2D eigenvalue weighted by molar-refractivity contribution is 0.0949. The molecule has 0 spiro atoms. The van der Waals surface area contributed by atoms with Crippen molar-refractivity contribution in [1.82, 2.24) is 19.7 Å². The van der Waals surface area contributed by atoms with Gasteiger partial charge >= 0.3 is 5.63 Å². The molecule has 3 aromatic rings. The third-order valence-electron chi connectivity index (χ3n) is 4.35. The zero-order chi connectivity index (χ0) is 19.4. The van der Waals surface area contributed by atoms with Crippen molar-refractivity contribution in [3.05, 3.63) is 63.7 Å². The van der Waals surface area contributed by atoms with Crippen LogP contribution in [0.5, 0.6) is 0 Å². The molecule has 0 aromatic carbocycles. The fourth-order valence-electron chi connectivity index (χ4n) is 2.89. The SMILES string of the molecule is Cc1cc(CCC(C)C)oc(=O)c1C(=O)NCCc1cn2cccnc2n1. The lowest BCUT2D eigenvalue weighted by atomic mass is 10.0. The van der Waals surface area contributed by atoms with E-state index in [2.05, 4.69) is 29.1 Å². The van der Waals surface area contributed by atoms with Crippen LogP contribution in [-0.4, -0.2) is 26.8 Å². The van der Waals surface area contributed by atoms with E-state index in [1.54, 1.807) is 19.2 Å². The third kappa shape index (κ3) is 4.61. The summed E-state index contributed by atoms with van der Waals surface area (Å²) in [7, 11) is 0. The highest BCUT2D eigenvalue weighted by Crippen LogP contribution is 2.12. The van der Waals surface area contributed by atoms with Crippen molar-refractivity contribution in [3.63, 3.8) is 0 Å². The number of nitrogens with one attached hydrogen (secondary N) is 1. The molecule has 0 aliphatic carbocycles. The summed E-state index contributed by atoms with van der Waals surface area (Å²) in [5.41, 5.74) is 0.948. The first-order valence-corrected chi connectivity index (χ1v) is 9.14. The molecule has 27 heavy (non-hydrogen) atoms. The van der Waals surface area contributed by atoms with E-state index in [-0.39, 0.29) is 5.56 Å². The molecular weight excluding hydrogens is 344 g/mol. The van der Waals surface area contributed by atoms with Gasteiger partial charge in [-0.3, -0.25) is 9.20 Å². The summed E-state index contributed by atoms with van der Waals surface area (Å²) in [5, 5.41) is 2.77. The molecule has 0 bridgehead atoms. The number of fused-ring (bicyclic) bond motifs is 1. The topological polar surface area (TPSA) is 89.5 Å². The van der Waals surface area contributed by atoms with Crippen molar-refractivity contribution in [1.29, 1.82) is 0 Å². The molecule has 0 fully saturated rings. The van der Waals surface area contributed by atoms with Crippen molar-refractivity contribution in [2.24, 2.45) is 5.92 Å². The molecule has 1 N–H and O–H groups in total. The van der Waals surface area contributed by atoms with Crippen molar-refractivity contribution in [3.8, 4) is 0 Å². The number of carbonyl (C=O) groups is 1. The maximum atomic E-state index is 12.4. The van der Waals surface area contributed by atoms with E-state index in [1.807, 2.05) is 22.9 Å². The van der Waals surface area contributed by atoms with E-state index in [0.717, 1.165) is 12.1 Å². The number of hydrogen-bond donors (Lipinski definition) is 1. The summed E-state index contributed by atoms with van der Waals surface area (Å²) in [4.78, 5) is 33.2. The standard InChI is InChI=1S/C20H24N4O3/c1-13(2)5-6-16-11-14(3)17(19(26)27-16)18(25)21-9-7-15-12-24-10-4-8-22-20(24)23-15/h4,8,10-13H,5-7,9H2,1-3H3,(H,21,25). The highest BCUT2D eigenvalue weighted by atomic mass is 16.4. The fourth-order valence-corrected chi connectivity index (χ4v) is 2.89. The summed E-state index contributed by atoms with van der Waals surface area (Å²) in [6.07, 6.45) is 7.59. The van der Waals surface area contributed by atoms with Gasteiger partial charge in [0, 0.05) is 38.0 Å². The second kappa shape index (κ2) is 8.16. The summed E-state index contributed by atoms with van der Waals surface area (Å²) in [6.45, 7) is 6.37. The van der Waals surface area contributed by atoms with Crippen molar-refractivity contribution in [2.45, 2.75) is 40.0 Å². The fraction of sp³-hybridized carbons (Fsp3) is 0.400. The van der Waals surface area contributed by atoms with Crippen LogP contribution in [0.2, 0.25) is 0 Å². The molecule has 0 saturated carbocycles. The first kappa shape index (κ1) is 18.8. The quantitative estimate of drug-likeness (QED) is 0.692. The summed E-state index contributed by atoms with van der Waals surface area (Å²) >= 11 is 0. The molecule has 3 heterocycles. The number of rotatable bonds is 7. The molecule has 7 nitrogen and oxygen atoms in total.